The standard InChI is InChI=1S/C12H9ClN4O/c1-7-16-10-11(17-7)14-6-15-12(10)18-9-4-2-8(13)3-5-9/h2-6H,1H3,(H,14,15,16,17). The highest BCUT2D eigenvalue weighted by Crippen LogP contribution is 2.25. The zero-order valence-corrected chi connectivity index (χ0v) is 10.3. The summed E-state index contributed by atoms with van der Waals surface area (Å²) in [5, 5.41) is 0.660. The predicted octanol–water partition coefficient (Wildman–Crippen LogP) is 3.11. The highest BCUT2D eigenvalue weighted by Gasteiger charge is 2.09. The minimum absolute atomic E-state index is 0.447. The van der Waals surface area contributed by atoms with E-state index in [0.717, 1.165) is 5.82 Å². The van der Waals surface area contributed by atoms with E-state index in [9.17, 15) is 0 Å². The number of aromatic amines is 1. The van der Waals surface area contributed by atoms with Crippen molar-refractivity contribution in [3.63, 3.8) is 0 Å². The van der Waals surface area contributed by atoms with E-state index in [2.05, 4.69) is 19.9 Å². The molecule has 0 radical (unpaired) electrons. The van der Waals surface area contributed by atoms with Crippen molar-refractivity contribution in [1.29, 1.82) is 0 Å². The molecule has 3 rings (SSSR count). The molecule has 0 aliphatic rings. The zero-order chi connectivity index (χ0) is 12.5. The first-order valence-electron chi connectivity index (χ1n) is 5.33. The summed E-state index contributed by atoms with van der Waals surface area (Å²) in [5.41, 5.74) is 1.27. The summed E-state index contributed by atoms with van der Waals surface area (Å²) in [6, 6.07) is 7.07. The monoisotopic (exact) mass is 260 g/mol. The maximum Gasteiger partial charge on any atom is 0.248 e. The third-order valence-corrected chi connectivity index (χ3v) is 2.65. The fourth-order valence-corrected chi connectivity index (χ4v) is 1.74. The number of ether oxygens (including phenoxy) is 1. The topological polar surface area (TPSA) is 63.7 Å². The van der Waals surface area contributed by atoms with Crippen molar-refractivity contribution in [3.05, 3.63) is 41.4 Å². The summed E-state index contributed by atoms with van der Waals surface area (Å²) in [6.45, 7) is 1.85. The maximum absolute atomic E-state index is 5.82. The van der Waals surface area contributed by atoms with E-state index < -0.39 is 0 Å². The molecular formula is C12H9ClN4O. The summed E-state index contributed by atoms with van der Waals surface area (Å²) in [7, 11) is 0. The second-order valence-electron chi connectivity index (χ2n) is 3.76. The molecule has 6 heteroatoms. The number of hydrogen-bond donors (Lipinski definition) is 1. The third kappa shape index (κ3) is 2.00. The summed E-state index contributed by atoms with van der Waals surface area (Å²) >= 11 is 5.82. The molecule has 18 heavy (non-hydrogen) atoms. The van der Waals surface area contributed by atoms with Gasteiger partial charge in [-0.25, -0.2) is 9.97 Å². The number of nitrogens with zero attached hydrogens (tertiary/aromatic N) is 3. The molecule has 2 heterocycles. The second-order valence-corrected chi connectivity index (χ2v) is 4.19. The van der Waals surface area contributed by atoms with Crippen LogP contribution in [0.1, 0.15) is 5.82 Å². The second kappa shape index (κ2) is 4.27. The smallest absolute Gasteiger partial charge is 0.248 e. The lowest BCUT2D eigenvalue weighted by Gasteiger charge is -2.04. The molecule has 5 nitrogen and oxygen atoms in total. The van der Waals surface area contributed by atoms with Crippen LogP contribution in [0.15, 0.2) is 30.6 Å². The Hall–Kier alpha value is -2.14. The highest BCUT2D eigenvalue weighted by atomic mass is 35.5. The molecule has 0 amide bonds. The fourth-order valence-electron chi connectivity index (χ4n) is 1.61. The van der Waals surface area contributed by atoms with E-state index in [4.69, 9.17) is 16.3 Å². The Balaban J connectivity index is 2.01. The van der Waals surface area contributed by atoms with Gasteiger partial charge in [-0.1, -0.05) is 11.6 Å². The number of benzene rings is 1. The van der Waals surface area contributed by atoms with Gasteiger partial charge >= 0.3 is 0 Å². The van der Waals surface area contributed by atoms with Crippen LogP contribution in [-0.2, 0) is 0 Å². The van der Waals surface area contributed by atoms with Gasteiger partial charge in [0, 0.05) is 5.02 Å². The van der Waals surface area contributed by atoms with E-state index in [0.29, 0.717) is 27.8 Å². The van der Waals surface area contributed by atoms with Crippen molar-refractivity contribution < 1.29 is 4.74 Å². The first kappa shape index (κ1) is 11.0. The van der Waals surface area contributed by atoms with Gasteiger partial charge in [0.25, 0.3) is 0 Å². The Kier molecular flexibility index (Phi) is 2.60. The molecule has 2 aromatic heterocycles. The molecule has 1 N–H and O–H groups in total. The van der Waals surface area contributed by atoms with Crippen molar-refractivity contribution in [3.8, 4) is 11.6 Å². The van der Waals surface area contributed by atoms with Crippen LogP contribution in [-0.4, -0.2) is 19.9 Å². The Labute approximate surface area is 108 Å². The predicted molar refractivity (Wildman–Crippen MR) is 67.9 cm³/mol. The van der Waals surface area contributed by atoms with Crippen LogP contribution in [0.2, 0.25) is 5.02 Å². The number of imidazole rings is 1. The number of halogens is 1. The van der Waals surface area contributed by atoms with Gasteiger partial charge in [0.05, 0.1) is 0 Å². The van der Waals surface area contributed by atoms with Gasteiger partial charge in [-0.15, -0.1) is 0 Å². The van der Waals surface area contributed by atoms with Gasteiger partial charge in [-0.05, 0) is 31.2 Å². The Morgan fingerprint density at radius 1 is 1.17 bits per heavy atom. The van der Waals surface area contributed by atoms with Gasteiger partial charge in [0.2, 0.25) is 5.88 Å². The molecule has 0 unspecified atom stereocenters. The normalized spacial score (nSPS) is 10.8. The molecule has 0 fully saturated rings. The minimum Gasteiger partial charge on any atom is -0.437 e. The third-order valence-electron chi connectivity index (χ3n) is 2.40. The number of H-pyrrole nitrogens is 1. The molecule has 1 aromatic carbocycles. The first-order chi connectivity index (χ1) is 8.72. The number of hydrogen-bond acceptors (Lipinski definition) is 4. The number of fused-ring (bicyclic) bond motifs is 1. The minimum atomic E-state index is 0.447. The Morgan fingerprint density at radius 3 is 2.72 bits per heavy atom. The Morgan fingerprint density at radius 2 is 1.94 bits per heavy atom. The summed E-state index contributed by atoms with van der Waals surface area (Å²) in [5.74, 6) is 1.88. The lowest BCUT2D eigenvalue weighted by atomic mass is 10.3. The van der Waals surface area contributed by atoms with Gasteiger partial charge in [-0.2, -0.15) is 4.98 Å². The van der Waals surface area contributed by atoms with Crippen LogP contribution < -0.4 is 4.74 Å². The summed E-state index contributed by atoms with van der Waals surface area (Å²) in [6.07, 6.45) is 1.42. The van der Waals surface area contributed by atoms with Crippen molar-refractivity contribution in [2.75, 3.05) is 0 Å². The van der Waals surface area contributed by atoms with E-state index in [1.165, 1.54) is 6.33 Å². The fraction of sp³-hybridized carbons (Fsp3) is 0.0833. The number of nitrogens with one attached hydrogen (secondary N) is 1. The molecule has 0 aliphatic heterocycles. The highest BCUT2D eigenvalue weighted by molar-refractivity contribution is 6.30. The lowest BCUT2D eigenvalue weighted by Crippen LogP contribution is -1.90. The Bertz CT molecular complexity index is 693. The van der Waals surface area contributed by atoms with Crippen molar-refractivity contribution >= 4 is 22.8 Å². The van der Waals surface area contributed by atoms with Crippen LogP contribution in [0.4, 0.5) is 0 Å². The van der Waals surface area contributed by atoms with Crippen LogP contribution >= 0.6 is 11.6 Å². The molecule has 0 aliphatic carbocycles. The lowest BCUT2D eigenvalue weighted by molar-refractivity contribution is 0.467. The average molecular weight is 261 g/mol. The van der Waals surface area contributed by atoms with Crippen LogP contribution in [0, 0.1) is 6.92 Å². The van der Waals surface area contributed by atoms with Gasteiger partial charge in [0.1, 0.15) is 23.4 Å². The molecule has 0 spiro atoms. The van der Waals surface area contributed by atoms with Crippen molar-refractivity contribution in [2.45, 2.75) is 6.92 Å². The average Bonchev–Trinajstić information content (AvgIpc) is 2.73. The molecule has 3 aromatic rings. The summed E-state index contributed by atoms with van der Waals surface area (Å²) in [4.78, 5) is 15.5. The largest absolute Gasteiger partial charge is 0.437 e. The van der Waals surface area contributed by atoms with E-state index in [1.54, 1.807) is 24.3 Å². The number of aromatic nitrogens is 4. The first-order valence-corrected chi connectivity index (χ1v) is 5.71. The van der Waals surface area contributed by atoms with E-state index in [-0.39, 0.29) is 0 Å². The van der Waals surface area contributed by atoms with Gasteiger partial charge in [0.15, 0.2) is 5.65 Å². The quantitative estimate of drug-likeness (QED) is 0.769. The number of aryl methyl sites for hydroxylation is 1. The molecule has 0 bridgehead atoms. The molecule has 0 saturated carbocycles. The van der Waals surface area contributed by atoms with Crippen molar-refractivity contribution in [2.24, 2.45) is 0 Å². The molecule has 90 valence electrons. The van der Waals surface area contributed by atoms with E-state index >= 15 is 0 Å². The van der Waals surface area contributed by atoms with Gasteiger partial charge < -0.3 is 9.72 Å². The SMILES string of the molecule is Cc1nc2ncnc(Oc3ccc(Cl)cc3)c2[nH]1. The maximum atomic E-state index is 5.82. The summed E-state index contributed by atoms with van der Waals surface area (Å²) < 4.78 is 5.68. The zero-order valence-electron chi connectivity index (χ0n) is 9.51. The van der Waals surface area contributed by atoms with Crippen molar-refractivity contribution in [1.82, 2.24) is 19.9 Å². The molecular weight excluding hydrogens is 252 g/mol. The van der Waals surface area contributed by atoms with Crippen LogP contribution in [0.3, 0.4) is 0 Å². The van der Waals surface area contributed by atoms with Gasteiger partial charge in [-0.3, -0.25) is 0 Å². The van der Waals surface area contributed by atoms with Crippen LogP contribution in [0.5, 0.6) is 11.6 Å². The van der Waals surface area contributed by atoms with E-state index in [1.807, 2.05) is 6.92 Å². The van der Waals surface area contributed by atoms with Crippen LogP contribution in [0.25, 0.3) is 11.2 Å². The molecule has 0 atom stereocenters. The number of rotatable bonds is 2. The molecule has 0 saturated heterocycles.